The molecule has 0 bridgehead atoms. The van der Waals surface area contributed by atoms with E-state index in [-0.39, 0.29) is 11.2 Å². The van der Waals surface area contributed by atoms with Crippen molar-refractivity contribution in [1.29, 1.82) is 0 Å². The predicted molar refractivity (Wildman–Crippen MR) is 118 cm³/mol. The molecule has 166 valence electrons. The van der Waals surface area contributed by atoms with Crippen LogP contribution in [0.3, 0.4) is 0 Å². The van der Waals surface area contributed by atoms with Crippen molar-refractivity contribution in [2.24, 2.45) is 0 Å². The van der Waals surface area contributed by atoms with Gasteiger partial charge in [0.15, 0.2) is 0 Å². The van der Waals surface area contributed by atoms with Crippen molar-refractivity contribution >= 4 is 33.6 Å². The first kappa shape index (κ1) is 22.6. The number of benzene rings is 2. The van der Waals surface area contributed by atoms with Crippen LogP contribution in [0.2, 0.25) is 0 Å². The van der Waals surface area contributed by atoms with Gasteiger partial charge in [0.05, 0.1) is 22.5 Å². The summed E-state index contributed by atoms with van der Waals surface area (Å²) >= 11 is 0. The maximum atomic E-state index is 12.8. The molecule has 0 saturated carbocycles. The molecule has 2 heterocycles. The Labute approximate surface area is 182 Å². The number of para-hydroxylation sites is 1. The Hall–Kier alpha value is -4.05. The van der Waals surface area contributed by atoms with Crippen molar-refractivity contribution < 1.29 is 20.6 Å². The normalized spacial score (nSPS) is 10.7. The van der Waals surface area contributed by atoms with Crippen LogP contribution in [-0.2, 0) is 11.3 Å². The van der Waals surface area contributed by atoms with Crippen LogP contribution in [0, 0.1) is 17.0 Å². The van der Waals surface area contributed by atoms with E-state index in [0.29, 0.717) is 16.7 Å². The van der Waals surface area contributed by atoms with Gasteiger partial charge < -0.3 is 25.2 Å². The second kappa shape index (κ2) is 9.40. The number of quaternary nitrogens is 1. The number of fused-ring (bicyclic) bond motifs is 2. The van der Waals surface area contributed by atoms with Crippen LogP contribution in [0.4, 0.5) is 5.69 Å². The summed E-state index contributed by atoms with van der Waals surface area (Å²) in [5.41, 5.74) is 7.45. The molecule has 4 rings (SSSR count). The SMILES string of the molecule is CC(=O)[O-].Cc1c(-c2nc3ccc([N+](=O)[O-])cc3[nH]c2=O)c2ccccc2n1CCC[NH3+]. The summed E-state index contributed by atoms with van der Waals surface area (Å²) in [5.74, 6) is -1.08. The third kappa shape index (κ3) is 4.49. The van der Waals surface area contributed by atoms with E-state index in [1.54, 1.807) is 6.07 Å². The van der Waals surface area contributed by atoms with Crippen molar-refractivity contribution in [3.63, 3.8) is 0 Å². The molecular formula is C22H23N5O5. The van der Waals surface area contributed by atoms with Gasteiger partial charge in [-0.15, -0.1) is 0 Å². The first-order valence-electron chi connectivity index (χ1n) is 9.98. The number of H-pyrrole nitrogens is 1. The Kier molecular flexibility index (Phi) is 6.64. The maximum absolute atomic E-state index is 12.8. The number of rotatable bonds is 5. The highest BCUT2D eigenvalue weighted by molar-refractivity contribution is 5.97. The molecule has 0 amide bonds. The number of aromatic nitrogens is 3. The van der Waals surface area contributed by atoms with Gasteiger partial charge in [-0.05, 0) is 26.0 Å². The average molecular weight is 437 g/mol. The fourth-order valence-corrected chi connectivity index (χ4v) is 3.65. The molecule has 0 aliphatic carbocycles. The minimum atomic E-state index is -1.08. The Balaban J connectivity index is 0.000000668. The van der Waals surface area contributed by atoms with E-state index >= 15 is 0 Å². The van der Waals surface area contributed by atoms with Crippen molar-refractivity contribution in [3.8, 4) is 11.3 Å². The smallest absolute Gasteiger partial charge is 0.275 e. The van der Waals surface area contributed by atoms with Gasteiger partial charge in [-0.2, -0.15) is 0 Å². The zero-order chi connectivity index (χ0) is 23.4. The topological polar surface area (TPSA) is 162 Å². The van der Waals surface area contributed by atoms with Crippen LogP contribution in [-0.4, -0.2) is 32.0 Å². The number of nitrogens with zero attached hydrogens (tertiary/aromatic N) is 3. The third-order valence-corrected chi connectivity index (χ3v) is 4.99. The van der Waals surface area contributed by atoms with Gasteiger partial charge in [-0.25, -0.2) is 4.98 Å². The molecular weight excluding hydrogens is 414 g/mol. The molecule has 32 heavy (non-hydrogen) atoms. The summed E-state index contributed by atoms with van der Waals surface area (Å²) in [5, 5.41) is 20.8. The molecule has 2 aromatic heterocycles. The zero-order valence-electron chi connectivity index (χ0n) is 17.8. The molecule has 2 aromatic carbocycles. The van der Waals surface area contributed by atoms with E-state index in [4.69, 9.17) is 9.90 Å². The molecule has 0 aliphatic rings. The lowest BCUT2D eigenvalue weighted by molar-refractivity contribution is -0.384. The van der Waals surface area contributed by atoms with Crippen molar-refractivity contribution in [3.05, 3.63) is 68.6 Å². The van der Waals surface area contributed by atoms with Gasteiger partial charge in [0, 0.05) is 53.2 Å². The Morgan fingerprint density at radius 2 is 1.94 bits per heavy atom. The fraction of sp³-hybridized carbons (Fsp3) is 0.227. The largest absolute Gasteiger partial charge is 0.550 e. The van der Waals surface area contributed by atoms with Crippen LogP contribution in [0.1, 0.15) is 19.0 Å². The van der Waals surface area contributed by atoms with Crippen molar-refractivity contribution in [1.82, 2.24) is 14.5 Å². The quantitative estimate of drug-likeness (QED) is 0.351. The molecule has 4 aromatic rings. The maximum Gasteiger partial charge on any atom is 0.275 e. The van der Waals surface area contributed by atoms with Gasteiger partial charge >= 0.3 is 0 Å². The van der Waals surface area contributed by atoms with Crippen LogP contribution < -0.4 is 16.4 Å². The highest BCUT2D eigenvalue weighted by atomic mass is 16.6. The number of nitro groups is 1. The summed E-state index contributed by atoms with van der Waals surface area (Å²) in [6, 6.07) is 12.2. The lowest BCUT2D eigenvalue weighted by Gasteiger charge is -2.07. The third-order valence-electron chi connectivity index (χ3n) is 4.99. The van der Waals surface area contributed by atoms with Gasteiger partial charge in [-0.1, -0.05) is 18.2 Å². The van der Waals surface area contributed by atoms with Gasteiger partial charge in [0.2, 0.25) is 0 Å². The number of carboxylic acids is 1. The monoisotopic (exact) mass is 437 g/mol. The number of carbonyl (C=O) groups excluding carboxylic acids is 1. The molecule has 4 N–H and O–H groups in total. The minimum absolute atomic E-state index is 0.0846. The molecule has 0 radical (unpaired) electrons. The van der Waals surface area contributed by atoms with Gasteiger partial charge in [0.25, 0.3) is 11.2 Å². The highest BCUT2D eigenvalue weighted by Gasteiger charge is 2.20. The van der Waals surface area contributed by atoms with E-state index < -0.39 is 10.9 Å². The first-order chi connectivity index (χ1) is 15.2. The Bertz CT molecular complexity index is 1370. The molecule has 10 nitrogen and oxygen atoms in total. The summed E-state index contributed by atoms with van der Waals surface area (Å²) in [6.07, 6.45) is 0.935. The number of aryl methyl sites for hydroxylation is 1. The van der Waals surface area contributed by atoms with Crippen LogP contribution in [0.5, 0.6) is 0 Å². The average Bonchev–Trinajstić information content (AvgIpc) is 3.02. The van der Waals surface area contributed by atoms with Crippen molar-refractivity contribution in [2.75, 3.05) is 6.54 Å². The zero-order valence-corrected chi connectivity index (χ0v) is 17.8. The van der Waals surface area contributed by atoms with Crippen LogP contribution >= 0.6 is 0 Å². The molecule has 0 atom stereocenters. The lowest BCUT2D eigenvalue weighted by atomic mass is 10.1. The summed E-state index contributed by atoms with van der Waals surface area (Å²) in [6.45, 7) is 4.60. The van der Waals surface area contributed by atoms with Gasteiger partial charge in [0.1, 0.15) is 5.69 Å². The van der Waals surface area contributed by atoms with E-state index in [0.717, 1.165) is 48.6 Å². The molecule has 10 heteroatoms. The number of aliphatic carboxylic acids is 1. The number of non-ortho nitro benzene ring substituents is 1. The number of nitro benzene ring substituents is 1. The number of nitrogens with one attached hydrogen (secondary N) is 1. The standard InChI is InChI=1S/C20H19N5O3.C2H4O2/c1-12-18(14-5-2-3-6-17(14)24(12)10-4-9-21)19-20(26)23-16-11-13(25(27)28)7-8-15(16)22-19;1-2(3)4/h2-3,5-8,11H,4,9-10,21H2,1H3,(H,23,26);1H3,(H,3,4). The fourth-order valence-electron chi connectivity index (χ4n) is 3.65. The highest BCUT2D eigenvalue weighted by Crippen LogP contribution is 2.33. The summed E-state index contributed by atoms with van der Waals surface area (Å²) in [7, 11) is 0. The number of carboxylic acid groups (broad SMARTS) is 1. The molecule has 0 unspecified atom stereocenters. The minimum Gasteiger partial charge on any atom is -0.550 e. The predicted octanol–water partition coefficient (Wildman–Crippen LogP) is 1.15. The van der Waals surface area contributed by atoms with E-state index in [1.807, 2.05) is 31.2 Å². The number of hydrogen-bond acceptors (Lipinski definition) is 6. The Morgan fingerprint density at radius 1 is 1.25 bits per heavy atom. The summed E-state index contributed by atoms with van der Waals surface area (Å²) in [4.78, 5) is 39.5. The van der Waals surface area contributed by atoms with Crippen LogP contribution in [0.25, 0.3) is 33.2 Å². The van der Waals surface area contributed by atoms with E-state index in [2.05, 4.69) is 20.3 Å². The summed E-state index contributed by atoms with van der Waals surface area (Å²) < 4.78 is 2.19. The van der Waals surface area contributed by atoms with Gasteiger partial charge in [-0.3, -0.25) is 14.9 Å². The number of hydrogen-bond donors (Lipinski definition) is 2. The van der Waals surface area contributed by atoms with Crippen LogP contribution in [0.15, 0.2) is 47.3 Å². The second-order valence-corrected chi connectivity index (χ2v) is 7.20. The lowest BCUT2D eigenvalue weighted by Crippen LogP contribution is -2.50. The van der Waals surface area contributed by atoms with E-state index in [9.17, 15) is 14.9 Å². The van der Waals surface area contributed by atoms with E-state index in [1.165, 1.54) is 12.1 Å². The Morgan fingerprint density at radius 3 is 2.59 bits per heavy atom. The second-order valence-electron chi connectivity index (χ2n) is 7.20. The molecule has 0 aliphatic heterocycles. The molecule has 0 spiro atoms. The molecule has 0 saturated heterocycles. The molecule has 0 fully saturated rings. The number of carbonyl (C=O) groups is 1. The number of aromatic amines is 1. The van der Waals surface area contributed by atoms with Crippen molar-refractivity contribution in [2.45, 2.75) is 26.8 Å². The first-order valence-corrected chi connectivity index (χ1v) is 9.98.